The molecule has 0 bridgehead atoms. The van der Waals surface area contributed by atoms with Crippen LogP contribution in [-0.4, -0.2) is 62.4 Å². The van der Waals surface area contributed by atoms with E-state index in [0.29, 0.717) is 29.5 Å². The van der Waals surface area contributed by atoms with E-state index in [1.807, 2.05) is 45.9 Å². The van der Waals surface area contributed by atoms with Gasteiger partial charge in [-0.3, -0.25) is 4.79 Å². The van der Waals surface area contributed by atoms with E-state index in [-0.39, 0.29) is 25.6 Å². The van der Waals surface area contributed by atoms with Crippen molar-refractivity contribution in [2.45, 2.75) is 38.7 Å². The molecule has 0 radical (unpaired) electrons. The maximum Gasteiger partial charge on any atom is 0.267 e. The van der Waals surface area contributed by atoms with Crippen LogP contribution in [0, 0.1) is 27.7 Å². The van der Waals surface area contributed by atoms with Crippen LogP contribution < -0.4 is 9.47 Å². The Hall–Kier alpha value is -2.58. The highest BCUT2D eigenvalue weighted by Gasteiger charge is 2.36. The molecule has 0 N–H and O–H groups in total. The van der Waals surface area contributed by atoms with Gasteiger partial charge in [-0.2, -0.15) is 4.31 Å². The van der Waals surface area contributed by atoms with Crippen LogP contribution in [-0.2, 0) is 14.8 Å². The summed E-state index contributed by atoms with van der Waals surface area (Å²) in [7, 11) is -3.64. The number of para-hydroxylation sites is 2. The Morgan fingerprint density at radius 3 is 2.13 bits per heavy atom. The Balaban J connectivity index is 1.46. The Labute approximate surface area is 183 Å². The van der Waals surface area contributed by atoms with Crippen LogP contribution in [0.25, 0.3) is 0 Å². The third kappa shape index (κ3) is 3.90. The highest BCUT2D eigenvalue weighted by molar-refractivity contribution is 7.89. The highest BCUT2D eigenvalue weighted by Crippen LogP contribution is 2.32. The molecule has 2 heterocycles. The predicted octanol–water partition coefficient (Wildman–Crippen LogP) is 2.59. The zero-order chi connectivity index (χ0) is 22.3. The van der Waals surface area contributed by atoms with Gasteiger partial charge in [-0.1, -0.05) is 18.2 Å². The standard InChI is InChI=1S/C23H28N2O5S/c1-15-13-16(2)18(4)22(17(15)3)31(27,28)25-11-9-24(10-12-25)23(26)21-14-29-19-7-5-6-8-20(19)30-21/h5-8,13,21H,9-12,14H2,1-4H3/t21-/m0/s1. The van der Waals surface area contributed by atoms with Crippen molar-refractivity contribution in [2.75, 3.05) is 32.8 Å². The molecule has 8 heteroatoms. The zero-order valence-electron chi connectivity index (χ0n) is 18.3. The van der Waals surface area contributed by atoms with Gasteiger partial charge in [-0.15, -0.1) is 0 Å². The fourth-order valence-electron chi connectivity index (χ4n) is 4.19. The van der Waals surface area contributed by atoms with Crippen LogP contribution in [0.15, 0.2) is 35.2 Å². The van der Waals surface area contributed by atoms with Crippen LogP contribution in [0.2, 0.25) is 0 Å². The van der Waals surface area contributed by atoms with Crippen LogP contribution in [0.4, 0.5) is 0 Å². The first kappa shape index (κ1) is 21.6. The average Bonchev–Trinajstić information content (AvgIpc) is 2.77. The Morgan fingerprint density at radius 1 is 0.935 bits per heavy atom. The van der Waals surface area contributed by atoms with Crippen molar-refractivity contribution in [3.05, 3.63) is 52.6 Å². The Morgan fingerprint density at radius 2 is 1.52 bits per heavy atom. The average molecular weight is 445 g/mol. The number of carbonyl (C=O) groups is 1. The molecule has 0 aromatic heterocycles. The number of piperazine rings is 1. The number of aryl methyl sites for hydroxylation is 2. The van der Waals surface area contributed by atoms with Crippen molar-refractivity contribution in [2.24, 2.45) is 0 Å². The zero-order valence-corrected chi connectivity index (χ0v) is 19.2. The second kappa shape index (κ2) is 8.16. The van der Waals surface area contributed by atoms with Crippen molar-refractivity contribution in [1.29, 1.82) is 0 Å². The predicted molar refractivity (Wildman–Crippen MR) is 117 cm³/mol. The fourth-order valence-corrected chi connectivity index (χ4v) is 6.19. The van der Waals surface area contributed by atoms with E-state index >= 15 is 0 Å². The number of nitrogens with zero attached hydrogens (tertiary/aromatic N) is 2. The van der Waals surface area contributed by atoms with Gasteiger partial charge in [0.1, 0.15) is 6.61 Å². The second-order valence-corrected chi connectivity index (χ2v) is 10.1. The maximum atomic E-state index is 13.4. The molecule has 1 amide bonds. The number of rotatable bonds is 3. The minimum Gasteiger partial charge on any atom is -0.485 e. The first-order valence-corrected chi connectivity index (χ1v) is 11.9. The van der Waals surface area contributed by atoms with Gasteiger partial charge in [0.15, 0.2) is 11.5 Å². The molecule has 0 aliphatic carbocycles. The molecule has 0 saturated carbocycles. The first-order valence-electron chi connectivity index (χ1n) is 10.4. The molecule has 0 spiro atoms. The summed E-state index contributed by atoms with van der Waals surface area (Å²) in [6.45, 7) is 8.87. The summed E-state index contributed by atoms with van der Waals surface area (Å²) in [5.41, 5.74) is 3.50. The molecule has 1 saturated heterocycles. The number of amides is 1. The first-order chi connectivity index (χ1) is 14.7. The van der Waals surface area contributed by atoms with E-state index in [1.54, 1.807) is 17.0 Å². The summed E-state index contributed by atoms with van der Waals surface area (Å²) in [5, 5.41) is 0. The second-order valence-electron chi connectivity index (χ2n) is 8.18. The third-order valence-electron chi connectivity index (χ3n) is 6.23. The van der Waals surface area contributed by atoms with E-state index < -0.39 is 16.1 Å². The summed E-state index contributed by atoms with van der Waals surface area (Å²) in [6, 6.07) is 9.27. The van der Waals surface area contributed by atoms with E-state index in [4.69, 9.17) is 9.47 Å². The lowest BCUT2D eigenvalue weighted by atomic mass is 10.0. The third-order valence-corrected chi connectivity index (χ3v) is 8.40. The molecule has 2 aliphatic rings. The summed E-state index contributed by atoms with van der Waals surface area (Å²) in [5.74, 6) is 1.00. The molecular weight excluding hydrogens is 416 g/mol. The van der Waals surface area contributed by atoms with Crippen molar-refractivity contribution in [1.82, 2.24) is 9.21 Å². The number of hydrogen-bond acceptors (Lipinski definition) is 5. The van der Waals surface area contributed by atoms with Gasteiger partial charge in [-0.25, -0.2) is 8.42 Å². The molecule has 2 aromatic rings. The molecular formula is C23H28N2O5S. The molecule has 31 heavy (non-hydrogen) atoms. The van der Waals surface area contributed by atoms with Gasteiger partial charge < -0.3 is 14.4 Å². The lowest BCUT2D eigenvalue weighted by molar-refractivity contribution is -0.142. The van der Waals surface area contributed by atoms with Gasteiger partial charge >= 0.3 is 0 Å². The maximum absolute atomic E-state index is 13.4. The summed E-state index contributed by atoms with van der Waals surface area (Å²) in [6.07, 6.45) is -0.720. The van der Waals surface area contributed by atoms with Gasteiger partial charge in [-0.05, 0) is 62.1 Å². The molecule has 1 atom stereocenters. The monoisotopic (exact) mass is 444 g/mol. The smallest absolute Gasteiger partial charge is 0.267 e. The molecule has 7 nitrogen and oxygen atoms in total. The molecule has 1 fully saturated rings. The normalized spacial score (nSPS) is 19.4. The highest BCUT2D eigenvalue weighted by atomic mass is 32.2. The SMILES string of the molecule is Cc1cc(C)c(C)c(S(=O)(=O)N2CCN(C(=O)[C@@H]3COc4ccccc4O3)CC2)c1C. The summed E-state index contributed by atoms with van der Waals surface area (Å²) >= 11 is 0. The summed E-state index contributed by atoms with van der Waals surface area (Å²) in [4.78, 5) is 15.0. The van der Waals surface area contributed by atoms with Crippen molar-refractivity contribution < 1.29 is 22.7 Å². The van der Waals surface area contributed by atoms with Gasteiger partial charge in [0, 0.05) is 26.2 Å². The topological polar surface area (TPSA) is 76.2 Å². The molecule has 2 aliphatic heterocycles. The quantitative estimate of drug-likeness (QED) is 0.727. The number of hydrogen-bond donors (Lipinski definition) is 0. The number of sulfonamides is 1. The number of benzene rings is 2. The van der Waals surface area contributed by atoms with E-state index in [9.17, 15) is 13.2 Å². The van der Waals surface area contributed by atoms with Crippen molar-refractivity contribution >= 4 is 15.9 Å². The van der Waals surface area contributed by atoms with Crippen LogP contribution in [0.5, 0.6) is 11.5 Å². The van der Waals surface area contributed by atoms with Crippen molar-refractivity contribution in [3.63, 3.8) is 0 Å². The lowest BCUT2D eigenvalue weighted by Gasteiger charge is -2.37. The summed E-state index contributed by atoms with van der Waals surface area (Å²) < 4.78 is 39.8. The number of ether oxygens (including phenoxy) is 2. The van der Waals surface area contributed by atoms with Gasteiger partial charge in [0.2, 0.25) is 16.1 Å². The Kier molecular flexibility index (Phi) is 5.70. The minimum atomic E-state index is -3.64. The number of carbonyl (C=O) groups excluding carboxylic acids is 1. The molecule has 0 unspecified atom stereocenters. The van der Waals surface area contributed by atoms with Crippen LogP contribution in [0.1, 0.15) is 22.3 Å². The molecule has 4 rings (SSSR count). The number of fused-ring (bicyclic) bond motifs is 1. The van der Waals surface area contributed by atoms with Crippen LogP contribution >= 0.6 is 0 Å². The molecule has 166 valence electrons. The van der Waals surface area contributed by atoms with Gasteiger partial charge in [0.05, 0.1) is 4.90 Å². The lowest BCUT2D eigenvalue weighted by Crippen LogP contribution is -2.55. The minimum absolute atomic E-state index is 0.148. The molecule has 2 aromatic carbocycles. The van der Waals surface area contributed by atoms with Crippen LogP contribution in [0.3, 0.4) is 0 Å². The Bertz CT molecular complexity index is 1090. The van der Waals surface area contributed by atoms with Gasteiger partial charge in [0.25, 0.3) is 5.91 Å². The fraction of sp³-hybridized carbons (Fsp3) is 0.435. The van der Waals surface area contributed by atoms with E-state index in [2.05, 4.69) is 0 Å². The largest absolute Gasteiger partial charge is 0.485 e. The van der Waals surface area contributed by atoms with Crippen molar-refractivity contribution in [3.8, 4) is 11.5 Å². The van der Waals surface area contributed by atoms with E-state index in [0.717, 1.165) is 22.3 Å². The van der Waals surface area contributed by atoms with E-state index in [1.165, 1.54) is 4.31 Å².